The van der Waals surface area contributed by atoms with Crippen LogP contribution in [0.5, 0.6) is 5.75 Å². The van der Waals surface area contributed by atoms with Crippen molar-refractivity contribution in [2.24, 2.45) is 0 Å². The number of aromatic nitrogens is 4. The fourth-order valence-corrected chi connectivity index (χ4v) is 5.56. The highest BCUT2D eigenvalue weighted by atomic mass is 16.3. The molecule has 0 spiro atoms. The lowest BCUT2D eigenvalue weighted by Gasteiger charge is -2.15. The minimum Gasteiger partial charge on any atom is -0.508 e. The first kappa shape index (κ1) is 22.4. The number of imidazole rings is 1. The minimum absolute atomic E-state index is 0.125. The maximum Gasteiger partial charge on any atom is 0.252 e. The summed E-state index contributed by atoms with van der Waals surface area (Å²) in [5, 5.41) is 19.1. The van der Waals surface area contributed by atoms with Crippen LogP contribution in [0.3, 0.4) is 0 Å². The monoisotopic (exact) mass is 502 g/mol. The first-order valence-corrected chi connectivity index (χ1v) is 12.6. The number of nitrogens with one attached hydrogen (secondary N) is 4. The molecule has 8 nitrogen and oxygen atoms in total. The van der Waals surface area contributed by atoms with Crippen molar-refractivity contribution in [2.45, 2.75) is 25.7 Å². The highest BCUT2D eigenvalue weighted by Gasteiger charge is 2.33. The number of nitrogens with zero attached hydrogens (tertiary/aromatic N) is 2. The van der Waals surface area contributed by atoms with E-state index in [2.05, 4.69) is 66.7 Å². The molecule has 1 unspecified atom stereocenters. The van der Waals surface area contributed by atoms with Crippen molar-refractivity contribution >= 4 is 27.7 Å². The largest absolute Gasteiger partial charge is 0.508 e. The fraction of sp³-hybridized carbons (Fsp3) is 0.133. The van der Waals surface area contributed by atoms with Crippen molar-refractivity contribution in [1.82, 2.24) is 30.2 Å². The van der Waals surface area contributed by atoms with Crippen LogP contribution in [0.15, 0.2) is 85.5 Å². The number of hydrogen-bond donors (Lipinski definition) is 5. The van der Waals surface area contributed by atoms with Crippen molar-refractivity contribution < 1.29 is 9.90 Å². The highest BCUT2D eigenvalue weighted by Crippen LogP contribution is 2.38. The van der Waals surface area contributed by atoms with E-state index in [-0.39, 0.29) is 17.7 Å². The molecule has 4 heterocycles. The van der Waals surface area contributed by atoms with Crippen LogP contribution in [0, 0.1) is 0 Å². The molecule has 1 atom stereocenters. The molecule has 7 rings (SSSR count). The van der Waals surface area contributed by atoms with Gasteiger partial charge in [0.2, 0.25) is 0 Å². The lowest BCUT2D eigenvalue weighted by molar-refractivity contribution is 0.0960. The number of H-pyrrole nitrogens is 2. The van der Waals surface area contributed by atoms with Crippen molar-refractivity contribution in [3.63, 3.8) is 0 Å². The van der Waals surface area contributed by atoms with E-state index < -0.39 is 0 Å². The Morgan fingerprint density at radius 1 is 1.03 bits per heavy atom. The summed E-state index contributed by atoms with van der Waals surface area (Å²) in [6.45, 7) is 2.00. The summed E-state index contributed by atoms with van der Waals surface area (Å²) in [6.07, 6.45) is 5.72. The molecule has 1 amide bonds. The Morgan fingerprint density at radius 3 is 2.84 bits per heavy atom. The van der Waals surface area contributed by atoms with Crippen LogP contribution in [0.25, 0.3) is 21.8 Å². The third-order valence-electron chi connectivity index (χ3n) is 7.34. The molecular formula is C30H26N6O2. The van der Waals surface area contributed by atoms with Crippen LogP contribution in [0.4, 0.5) is 0 Å². The van der Waals surface area contributed by atoms with Crippen molar-refractivity contribution in [2.75, 3.05) is 0 Å². The van der Waals surface area contributed by atoms with Crippen molar-refractivity contribution in [1.29, 1.82) is 0 Å². The van der Waals surface area contributed by atoms with E-state index in [9.17, 15) is 9.90 Å². The Balaban J connectivity index is 1.16. The molecule has 6 aromatic rings. The number of hydrogen-bond acceptors (Lipinski definition) is 4. The fourth-order valence-electron chi connectivity index (χ4n) is 5.56. The van der Waals surface area contributed by atoms with Gasteiger partial charge in [0.05, 0.1) is 24.6 Å². The molecular weight excluding hydrogens is 476 g/mol. The van der Waals surface area contributed by atoms with Gasteiger partial charge in [0.25, 0.3) is 5.91 Å². The Kier molecular flexibility index (Phi) is 5.26. The number of para-hydroxylation sites is 1. The first-order valence-electron chi connectivity index (χ1n) is 12.6. The lowest BCUT2D eigenvalue weighted by Crippen LogP contribution is -2.22. The minimum atomic E-state index is -0.334. The summed E-state index contributed by atoms with van der Waals surface area (Å²) in [5.41, 5.74) is 7.79. The van der Waals surface area contributed by atoms with Crippen LogP contribution >= 0.6 is 0 Å². The van der Waals surface area contributed by atoms with Gasteiger partial charge in [0.1, 0.15) is 5.75 Å². The number of aromatic amines is 2. The number of carbonyl (C=O) groups excluding carboxylic acids is 1. The molecule has 0 saturated heterocycles. The number of carbonyl (C=O) groups is 1. The van der Waals surface area contributed by atoms with Gasteiger partial charge in [-0.3, -0.25) is 4.79 Å². The summed E-state index contributed by atoms with van der Waals surface area (Å²) < 4.78 is 2.21. The number of rotatable bonds is 7. The third-order valence-corrected chi connectivity index (χ3v) is 7.34. The van der Waals surface area contributed by atoms with Gasteiger partial charge in [0.15, 0.2) is 0 Å². The molecule has 3 aromatic heterocycles. The van der Waals surface area contributed by atoms with E-state index >= 15 is 0 Å². The molecule has 0 aliphatic carbocycles. The van der Waals surface area contributed by atoms with E-state index in [0.717, 1.165) is 33.4 Å². The van der Waals surface area contributed by atoms with Gasteiger partial charge in [-0.15, -0.1) is 0 Å². The van der Waals surface area contributed by atoms with Crippen LogP contribution in [0.2, 0.25) is 0 Å². The molecule has 0 fully saturated rings. The van der Waals surface area contributed by atoms with Gasteiger partial charge in [-0.2, -0.15) is 0 Å². The number of benzene rings is 3. The Morgan fingerprint density at radius 2 is 1.95 bits per heavy atom. The zero-order valence-corrected chi connectivity index (χ0v) is 20.5. The average Bonchev–Trinajstić information content (AvgIpc) is 3.71. The molecule has 38 heavy (non-hydrogen) atoms. The third kappa shape index (κ3) is 3.82. The smallest absolute Gasteiger partial charge is 0.252 e. The van der Waals surface area contributed by atoms with E-state index in [4.69, 9.17) is 0 Å². The second-order valence-electron chi connectivity index (χ2n) is 9.74. The summed E-state index contributed by atoms with van der Waals surface area (Å²) in [6, 6.07) is 21.4. The summed E-state index contributed by atoms with van der Waals surface area (Å²) >= 11 is 0. The first-order chi connectivity index (χ1) is 18.6. The maximum atomic E-state index is 12.7. The molecule has 5 N–H and O–H groups in total. The number of fused-ring (bicyclic) bond motifs is 3. The zero-order valence-electron chi connectivity index (χ0n) is 20.5. The van der Waals surface area contributed by atoms with E-state index in [0.29, 0.717) is 25.2 Å². The molecule has 0 radical (unpaired) electrons. The van der Waals surface area contributed by atoms with Gasteiger partial charge >= 0.3 is 0 Å². The molecule has 1 aliphatic rings. The normalized spacial score (nSPS) is 14.8. The Hall–Kier alpha value is -4.82. The highest BCUT2D eigenvalue weighted by molar-refractivity contribution is 6.01. The number of phenolic OH excluding ortho intramolecular Hbond substituents is 1. The molecule has 0 bridgehead atoms. The summed E-state index contributed by atoms with van der Waals surface area (Å²) in [7, 11) is 0. The topological polar surface area (TPSA) is 111 Å². The molecule has 0 saturated carbocycles. The number of phenols is 1. The lowest BCUT2D eigenvalue weighted by atomic mass is 9.95. The van der Waals surface area contributed by atoms with Gasteiger partial charge in [-0.25, -0.2) is 4.98 Å². The van der Waals surface area contributed by atoms with Gasteiger partial charge in [0, 0.05) is 58.7 Å². The Bertz CT molecular complexity index is 1800. The van der Waals surface area contributed by atoms with Crippen molar-refractivity contribution in [3.05, 3.63) is 119 Å². The summed E-state index contributed by atoms with van der Waals surface area (Å²) in [4.78, 5) is 23.6. The van der Waals surface area contributed by atoms with Crippen LogP contribution in [-0.4, -0.2) is 30.5 Å². The van der Waals surface area contributed by atoms with Gasteiger partial charge in [-0.1, -0.05) is 30.3 Å². The number of aromatic hydroxyl groups is 1. The van der Waals surface area contributed by atoms with Gasteiger partial charge < -0.3 is 30.3 Å². The second kappa shape index (κ2) is 8.93. The molecule has 8 heteroatoms. The predicted octanol–water partition coefficient (Wildman–Crippen LogP) is 4.72. The van der Waals surface area contributed by atoms with Gasteiger partial charge in [-0.05, 0) is 52.9 Å². The molecule has 3 aromatic carbocycles. The zero-order chi connectivity index (χ0) is 25.6. The van der Waals surface area contributed by atoms with Crippen LogP contribution in [0.1, 0.15) is 44.5 Å². The predicted molar refractivity (Wildman–Crippen MR) is 146 cm³/mol. The standard InChI is InChI=1S/C30H26N6O2/c37-21-7-8-22-24(12-21)29(35-30(22)38)28-23-3-1-2-4-25(23)34-26(28)15-31-13-18-5-6-19-9-10-36(27(19)11-18)16-20-14-32-17-33-20/h1-12,14,17,29,31,34,37H,13,15-16H2,(H,32,33)(H,35,38). The maximum absolute atomic E-state index is 12.7. The molecule has 1 aliphatic heterocycles. The second-order valence-corrected chi connectivity index (χ2v) is 9.74. The van der Waals surface area contributed by atoms with E-state index in [1.807, 2.05) is 24.4 Å². The van der Waals surface area contributed by atoms with E-state index in [1.165, 1.54) is 16.5 Å². The molecule has 188 valence electrons. The summed E-state index contributed by atoms with van der Waals surface area (Å²) in [5.74, 6) is 0.0255. The SMILES string of the molecule is O=C1NC(c2c(CNCc3ccc4ccn(Cc5c[nH]cn5)c4c3)[nH]c3ccccc23)c2cc(O)ccc21. The van der Waals surface area contributed by atoms with Crippen LogP contribution in [-0.2, 0) is 19.6 Å². The average molecular weight is 503 g/mol. The van der Waals surface area contributed by atoms with Crippen molar-refractivity contribution in [3.8, 4) is 5.75 Å². The number of amides is 1. The Labute approximate surface area is 218 Å². The quantitative estimate of drug-likeness (QED) is 0.217. The van der Waals surface area contributed by atoms with Crippen LogP contribution < -0.4 is 10.6 Å². The van der Waals surface area contributed by atoms with E-state index in [1.54, 1.807) is 24.5 Å².